The summed E-state index contributed by atoms with van der Waals surface area (Å²) in [5.41, 5.74) is 2.95. The summed E-state index contributed by atoms with van der Waals surface area (Å²) in [4.78, 5) is 24.7. The van der Waals surface area contributed by atoms with Gasteiger partial charge in [-0.2, -0.15) is 0 Å². The number of rotatable bonds is 6. The Morgan fingerprint density at radius 2 is 2.08 bits per heavy atom. The molecule has 1 aromatic heterocycles. The predicted molar refractivity (Wildman–Crippen MR) is 96.8 cm³/mol. The van der Waals surface area contributed by atoms with Gasteiger partial charge in [0, 0.05) is 18.7 Å². The number of carbonyl (C=O) groups excluding carboxylic acids is 2. The van der Waals surface area contributed by atoms with Crippen molar-refractivity contribution in [1.29, 1.82) is 0 Å². The first-order valence-corrected chi connectivity index (χ1v) is 9.21. The summed E-state index contributed by atoms with van der Waals surface area (Å²) >= 11 is 1.32. The second-order valence-corrected chi connectivity index (χ2v) is 6.96. The van der Waals surface area contributed by atoms with Crippen molar-refractivity contribution in [3.63, 3.8) is 0 Å². The lowest BCUT2D eigenvalue weighted by atomic mass is 10.1. The molecule has 0 bridgehead atoms. The van der Waals surface area contributed by atoms with Gasteiger partial charge in [0.15, 0.2) is 6.61 Å². The van der Waals surface area contributed by atoms with Crippen molar-refractivity contribution in [2.75, 3.05) is 19.8 Å². The van der Waals surface area contributed by atoms with E-state index in [1.165, 1.54) is 11.3 Å². The van der Waals surface area contributed by atoms with E-state index in [9.17, 15) is 9.59 Å². The van der Waals surface area contributed by atoms with E-state index >= 15 is 0 Å². The standard InChI is InChI=1S/C19H21NO4S/c1-13-4-6-14(7-5-13)16-8-10-25-18(16)19(22)24-12-17(21)20-11-15-3-2-9-23-15/h4-8,10,15H,2-3,9,11-12H2,1H3,(H,20,21)/t15-/m0/s1. The number of ether oxygens (including phenoxy) is 2. The van der Waals surface area contributed by atoms with E-state index in [4.69, 9.17) is 9.47 Å². The van der Waals surface area contributed by atoms with Gasteiger partial charge in [0.25, 0.3) is 5.91 Å². The molecule has 1 aromatic carbocycles. The van der Waals surface area contributed by atoms with Crippen LogP contribution in [0.5, 0.6) is 0 Å². The van der Waals surface area contributed by atoms with Gasteiger partial charge < -0.3 is 14.8 Å². The van der Waals surface area contributed by atoms with E-state index < -0.39 is 5.97 Å². The van der Waals surface area contributed by atoms with Gasteiger partial charge in [-0.25, -0.2) is 4.79 Å². The van der Waals surface area contributed by atoms with E-state index in [0.29, 0.717) is 11.4 Å². The molecule has 0 unspecified atom stereocenters. The van der Waals surface area contributed by atoms with Crippen molar-refractivity contribution in [3.05, 3.63) is 46.2 Å². The molecule has 0 spiro atoms. The molecule has 1 aliphatic heterocycles. The van der Waals surface area contributed by atoms with Crippen molar-refractivity contribution in [3.8, 4) is 11.1 Å². The Morgan fingerprint density at radius 1 is 1.28 bits per heavy atom. The van der Waals surface area contributed by atoms with Crippen LogP contribution in [-0.4, -0.2) is 37.7 Å². The summed E-state index contributed by atoms with van der Waals surface area (Å²) in [6.07, 6.45) is 2.05. The highest BCUT2D eigenvalue weighted by Gasteiger charge is 2.19. The number of aryl methyl sites for hydroxylation is 1. The maximum atomic E-state index is 12.3. The molecule has 6 heteroatoms. The summed E-state index contributed by atoms with van der Waals surface area (Å²) in [7, 11) is 0. The lowest BCUT2D eigenvalue weighted by Crippen LogP contribution is -2.34. The van der Waals surface area contributed by atoms with Crippen LogP contribution in [0.2, 0.25) is 0 Å². The van der Waals surface area contributed by atoms with E-state index in [-0.39, 0.29) is 18.6 Å². The second-order valence-electron chi connectivity index (χ2n) is 6.04. The quantitative estimate of drug-likeness (QED) is 0.805. The monoisotopic (exact) mass is 359 g/mol. The molecule has 25 heavy (non-hydrogen) atoms. The zero-order chi connectivity index (χ0) is 17.6. The molecule has 1 fully saturated rings. The van der Waals surface area contributed by atoms with Crippen LogP contribution in [0, 0.1) is 6.92 Å². The van der Waals surface area contributed by atoms with Crippen molar-refractivity contribution in [1.82, 2.24) is 5.32 Å². The lowest BCUT2D eigenvalue weighted by Gasteiger charge is -2.11. The smallest absolute Gasteiger partial charge is 0.349 e. The van der Waals surface area contributed by atoms with Gasteiger partial charge in [-0.15, -0.1) is 11.3 Å². The Morgan fingerprint density at radius 3 is 2.80 bits per heavy atom. The van der Waals surface area contributed by atoms with Crippen molar-refractivity contribution < 1.29 is 19.1 Å². The summed E-state index contributed by atoms with van der Waals surface area (Å²) in [6.45, 7) is 2.94. The molecule has 0 saturated carbocycles. The molecule has 1 N–H and O–H groups in total. The summed E-state index contributed by atoms with van der Waals surface area (Å²) in [5, 5.41) is 4.59. The molecule has 1 atom stereocenters. The molecule has 0 radical (unpaired) electrons. The minimum atomic E-state index is -0.474. The number of hydrogen-bond donors (Lipinski definition) is 1. The summed E-state index contributed by atoms with van der Waals surface area (Å²) in [6, 6.07) is 9.84. The minimum Gasteiger partial charge on any atom is -0.451 e. The molecule has 2 heterocycles. The predicted octanol–water partition coefficient (Wildman–Crippen LogP) is 3.18. The van der Waals surface area contributed by atoms with E-state index in [1.807, 2.05) is 42.6 Å². The number of carbonyl (C=O) groups is 2. The molecule has 5 nitrogen and oxygen atoms in total. The Balaban J connectivity index is 1.54. The Bertz CT molecular complexity index is 732. The first-order valence-electron chi connectivity index (χ1n) is 8.33. The zero-order valence-corrected chi connectivity index (χ0v) is 14.9. The number of nitrogens with one attached hydrogen (secondary N) is 1. The minimum absolute atomic E-state index is 0.0742. The van der Waals surface area contributed by atoms with Crippen LogP contribution in [0.3, 0.4) is 0 Å². The van der Waals surface area contributed by atoms with Gasteiger partial charge >= 0.3 is 5.97 Å². The fourth-order valence-corrected chi connectivity index (χ4v) is 3.52. The zero-order valence-electron chi connectivity index (χ0n) is 14.1. The van der Waals surface area contributed by atoms with E-state index in [0.717, 1.165) is 36.1 Å². The number of amides is 1. The van der Waals surface area contributed by atoms with Gasteiger partial charge in [0.1, 0.15) is 4.88 Å². The molecule has 3 rings (SSSR count). The maximum absolute atomic E-state index is 12.3. The van der Waals surface area contributed by atoms with E-state index in [1.54, 1.807) is 0 Å². The average molecular weight is 359 g/mol. The average Bonchev–Trinajstić information content (AvgIpc) is 3.30. The number of thiophene rings is 1. The van der Waals surface area contributed by atoms with Crippen LogP contribution in [0.1, 0.15) is 28.1 Å². The van der Waals surface area contributed by atoms with Gasteiger partial charge in [-0.3, -0.25) is 4.79 Å². The highest BCUT2D eigenvalue weighted by Crippen LogP contribution is 2.29. The Kier molecular flexibility index (Phi) is 5.83. The Hall–Kier alpha value is -2.18. The fraction of sp³-hybridized carbons (Fsp3) is 0.368. The fourth-order valence-electron chi connectivity index (χ4n) is 2.71. The normalized spacial score (nSPS) is 16.6. The maximum Gasteiger partial charge on any atom is 0.349 e. The molecular weight excluding hydrogens is 338 g/mol. The van der Waals surface area contributed by atoms with Crippen molar-refractivity contribution in [2.24, 2.45) is 0 Å². The molecule has 132 valence electrons. The third-order valence-corrected chi connectivity index (χ3v) is 4.99. The van der Waals surface area contributed by atoms with Crippen LogP contribution in [0.4, 0.5) is 0 Å². The molecule has 1 amide bonds. The first kappa shape index (κ1) is 17.6. The van der Waals surface area contributed by atoms with Crippen LogP contribution >= 0.6 is 11.3 Å². The van der Waals surface area contributed by atoms with Crippen LogP contribution in [0.25, 0.3) is 11.1 Å². The largest absolute Gasteiger partial charge is 0.451 e. The topological polar surface area (TPSA) is 64.6 Å². The number of esters is 1. The van der Waals surface area contributed by atoms with Crippen LogP contribution < -0.4 is 5.32 Å². The molecule has 1 aliphatic rings. The van der Waals surface area contributed by atoms with Crippen LogP contribution in [-0.2, 0) is 14.3 Å². The van der Waals surface area contributed by atoms with Gasteiger partial charge in [0.05, 0.1) is 6.10 Å². The SMILES string of the molecule is Cc1ccc(-c2ccsc2C(=O)OCC(=O)NC[C@@H]2CCCO2)cc1. The van der Waals surface area contributed by atoms with Crippen molar-refractivity contribution >= 4 is 23.2 Å². The van der Waals surface area contributed by atoms with Crippen molar-refractivity contribution in [2.45, 2.75) is 25.9 Å². The lowest BCUT2D eigenvalue weighted by molar-refractivity contribution is -0.124. The van der Waals surface area contributed by atoms with Gasteiger partial charge in [0.2, 0.25) is 0 Å². The number of benzene rings is 1. The van der Waals surface area contributed by atoms with E-state index in [2.05, 4.69) is 5.32 Å². The third-order valence-electron chi connectivity index (χ3n) is 4.10. The number of hydrogen-bond acceptors (Lipinski definition) is 5. The summed E-state index contributed by atoms with van der Waals surface area (Å²) in [5.74, 6) is -0.782. The first-order chi connectivity index (χ1) is 12.1. The molecular formula is C19H21NO4S. The highest BCUT2D eigenvalue weighted by atomic mass is 32.1. The van der Waals surface area contributed by atoms with Gasteiger partial charge in [-0.1, -0.05) is 29.8 Å². The highest BCUT2D eigenvalue weighted by molar-refractivity contribution is 7.12. The Labute approximate surface area is 151 Å². The second kappa shape index (κ2) is 8.27. The summed E-state index contributed by atoms with van der Waals surface area (Å²) < 4.78 is 10.6. The molecule has 0 aliphatic carbocycles. The third kappa shape index (κ3) is 4.67. The molecule has 2 aromatic rings. The van der Waals surface area contributed by atoms with Crippen LogP contribution in [0.15, 0.2) is 35.7 Å². The molecule has 1 saturated heterocycles. The van der Waals surface area contributed by atoms with Gasteiger partial charge in [-0.05, 0) is 36.8 Å².